The van der Waals surface area contributed by atoms with Crippen LogP contribution in [-0.2, 0) is 5.60 Å². The molecule has 0 aliphatic rings. The van der Waals surface area contributed by atoms with Crippen molar-refractivity contribution in [2.24, 2.45) is 5.41 Å². The Morgan fingerprint density at radius 2 is 1.11 bits per heavy atom. The van der Waals surface area contributed by atoms with Gasteiger partial charge in [-0.1, -0.05) is 112 Å². The molecule has 28 heavy (non-hydrogen) atoms. The molecule has 1 heteroatoms. The van der Waals surface area contributed by atoms with E-state index in [9.17, 15) is 5.11 Å². The molecule has 0 amide bonds. The highest BCUT2D eigenvalue weighted by Crippen LogP contribution is 2.41. The third-order valence-corrected chi connectivity index (χ3v) is 5.56. The van der Waals surface area contributed by atoms with Crippen LogP contribution in [0.2, 0.25) is 0 Å². The maximum absolute atomic E-state index is 12.0. The van der Waals surface area contributed by atoms with Crippen LogP contribution in [0.1, 0.15) is 62.6 Å². The van der Waals surface area contributed by atoms with Gasteiger partial charge in [0.2, 0.25) is 0 Å². The van der Waals surface area contributed by atoms with E-state index in [4.69, 9.17) is 0 Å². The summed E-state index contributed by atoms with van der Waals surface area (Å²) in [5.74, 6) is 0.283. The summed E-state index contributed by atoms with van der Waals surface area (Å²) in [5.41, 5.74) is 2.47. The predicted octanol–water partition coefficient (Wildman–Crippen LogP) is 6.92. The molecule has 0 bridgehead atoms. The van der Waals surface area contributed by atoms with Gasteiger partial charge in [-0.15, -0.1) is 0 Å². The van der Waals surface area contributed by atoms with E-state index in [1.807, 2.05) is 60.7 Å². The molecule has 3 rings (SSSR count). The smallest absolute Gasteiger partial charge is 0.115 e. The fourth-order valence-corrected chi connectivity index (χ4v) is 3.91. The molecule has 1 atom stereocenters. The second-order valence-corrected chi connectivity index (χ2v) is 9.00. The lowest BCUT2D eigenvalue weighted by Crippen LogP contribution is -2.30. The predicted molar refractivity (Wildman–Crippen MR) is 118 cm³/mol. The van der Waals surface area contributed by atoms with Crippen molar-refractivity contribution in [3.05, 3.63) is 108 Å². The molecule has 146 valence electrons. The summed E-state index contributed by atoms with van der Waals surface area (Å²) in [4.78, 5) is 0. The van der Waals surface area contributed by atoms with E-state index in [1.54, 1.807) is 0 Å². The number of hydrogen-bond acceptors (Lipinski definition) is 1. The zero-order valence-electron chi connectivity index (χ0n) is 17.3. The molecule has 0 heterocycles. The minimum atomic E-state index is -1.01. The highest BCUT2D eigenvalue weighted by molar-refractivity contribution is 5.37. The van der Waals surface area contributed by atoms with Crippen LogP contribution in [0, 0.1) is 5.41 Å². The topological polar surface area (TPSA) is 20.2 Å². The number of aliphatic hydroxyl groups is 1. The van der Waals surface area contributed by atoms with Crippen molar-refractivity contribution in [3.8, 4) is 0 Å². The van der Waals surface area contributed by atoms with Gasteiger partial charge in [-0.05, 0) is 47.3 Å². The molecule has 0 saturated heterocycles. The van der Waals surface area contributed by atoms with Crippen LogP contribution in [-0.4, -0.2) is 5.11 Å². The Morgan fingerprint density at radius 3 is 1.54 bits per heavy atom. The van der Waals surface area contributed by atoms with Gasteiger partial charge in [0, 0.05) is 0 Å². The lowest BCUT2D eigenvalue weighted by Gasteiger charge is -2.34. The monoisotopic (exact) mass is 372 g/mol. The Balaban J connectivity index is 2.00. The van der Waals surface area contributed by atoms with Gasteiger partial charge in [0.1, 0.15) is 5.60 Å². The van der Waals surface area contributed by atoms with Crippen LogP contribution in [0.15, 0.2) is 91.0 Å². The first kappa shape index (κ1) is 20.4. The Labute approximate surface area is 170 Å². The van der Waals surface area contributed by atoms with Gasteiger partial charge in [-0.3, -0.25) is 0 Å². The molecule has 0 fully saturated rings. The lowest BCUT2D eigenvalue weighted by atomic mass is 9.74. The highest BCUT2D eigenvalue weighted by Gasteiger charge is 2.35. The fourth-order valence-electron chi connectivity index (χ4n) is 3.91. The van der Waals surface area contributed by atoms with Crippen molar-refractivity contribution in [1.29, 1.82) is 0 Å². The third kappa shape index (κ3) is 5.11. The van der Waals surface area contributed by atoms with Crippen LogP contribution < -0.4 is 0 Å². The molecule has 3 aromatic rings. The van der Waals surface area contributed by atoms with Crippen molar-refractivity contribution < 1.29 is 5.11 Å². The Morgan fingerprint density at radius 1 is 0.679 bits per heavy atom. The summed E-state index contributed by atoms with van der Waals surface area (Å²) in [6.07, 6.45) is 2.84. The number of benzene rings is 3. The van der Waals surface area contributed by atoms with E-state index in [-0.39, 0.29) is 11.3 Å². The minimum absolute atomic E-state index is 0.268. The van der Waals surface area contributed by atoms with E-state index in [1.165, 1.54) is 5.56 Å². The molecular formula is C27H32O. The van der Waals surface area contributed by atoms with Crippen LogP contribution in [0.25, 0.3) is 0 Å². The van der Waals surface area contributed by atoms with Gasteiger partial charge in [-0.2, -0.15) is 0 Å². The van der Waals surface area contributed by atoms with Crippen LogP contribution in [0.4, 0.5) is 0 Å². The van der Waals surface area contributed by atoms with Crippen molar-refractivity contribution in [2.75, 3.05) is 0 Å². The molecular weight excluding hydrogens is 340 g/mol. The van der Waals surface area contributed by atoms with Crippen molar-refractivity contribution in [2.45, 2.75) is 51.6 Å². The van der Waals surface area contributed by atoms with E-state index >= 15 is 0 Å². The summed E-state index contributed by atoms with van der Waals surface area (Å²) >= 11 is 0. The van der Waals surface area contributed by atoms with Gasteiger partial charge in [0.15, 0.2) is 0 Å². The molecule has 0 aromatic heterocycles. The highest BCUT2D eigenvalue weighted by atomic mass is 16.3. The molecule has 0 saturated carbocycles. The average Bonchev–Trinajstić information content (AvgIpc) is 2.72. The van der Waals surface area contributed by atoms with Crippen molar-refractivity contribution >= 4 is 0 Å². The molecule has 0 aliphatic carbocycles. The first-order valence-corrected chi connectivity index (χ1v) is 10.3. The van der Waals surface area contributed by atoms with E-state index in [2.05, 4.69) is 51.1 Å². The molecule has 1 nitrogen and oxygen atoms in total. The Kier molecular flexibility index (Phi) is 6.36. The van der Waals surface area contributed by atoms with Gasteiger partial charge in [-0.25, -0.2) is 0 Å². The average molecular weight is 373 g/mol. The second kappa shape index (κ2) is 8.75. The molecule has 0 radical (unpaired) electrons. The zero-order chi connectivity index (χ0) is 20.0. The summed E-state index contributed by atoms with van der Waals surface area (Å²) in [6, 6.07) is 30.9. The molecule has 0 aliphatic heterocycles. The van der Waals surface area contributed by atoms with Gasteiger partial charge >= 0.3 is 0 Å². The maximum Gasteiger partial charge on any atom is 0.115 e. The Hall–Kier alpha value is -2.38. The SMILES string of the molecule is CC(C)(C)CCC(CC(O)(c1ccccc1)c1ccccc1)c1ccccc1. The van der Waals surface area contributed by atoms with E-state index < -0.39 is 5.60 Å². The van der Waals surface area contributed by atoms with Gasteiger partial charge < -0.3 is 5.11 Å². The largest absolute Gasteiger partial charge is 0.380 e. The van der Waals surface area contributed by atoms with Crippen LogP contribution in [0.5, 0.6) is 0 Å². The van der Waals surface area contributed by atoms with Crippen LogP contribution in [0.3, 0.4) is 0 Å². The van der Waals surface area contributed by atoms with Crippen molar-refractivity contribution in [3.63, 3.8) is 0 Å². The number of rotatable bonds is 7. The molecule has 3 aromatic carbocycles. The normalized spacial score (nSPS) is 13.3. The van der Waals surface area contributed by atoms with E-state index in [0.29, 0.717) is 6.42 Å². The molecule has 1 unspecified atom stereocenters. The van der Waals surface area contributed by atoms with E-state index in [0.717, 1.165) is 24.0 Å². The summed E-state index contributed by atoms with van der Waals surface area (Å²) in [7, 11) is 0. The summed E-state index contributed by atoms with van der Waals surface area (Å²) < 4.78 is 0. The minimum Gasteiger partial charge on any atom is -0.380 e. The molecule has 1 N–H and O–H groups in total. The number of hydrogen-bond donors (Lipinski definition) is 1. The maximum atomic E-state index is 12.0. The van der Waals surface area contributed by atoms with Crippen molar-refractivity contribution in [1.82, 2.24) is 0 Å². The standard InChI is InChI=1S/C27H32O/c1-26(2,3)20-19-23(22-13-7-4-8-14-22)21-27(28,24-15-9-5-10-16-24)25-17-11-6-12-18-25/h4-18,23,28H,19-21H2,1-3H3. The zero-order valence-corrected chi connectivity index (χ0v) is 17.3. The van der Waals surface area contributed by atoms with Gasteiger partial charge in [0.25, 0.3) is 0 Å². The summed E-state index contributed by atoms with van der Waals surface area (Å²) in [5, 5.41) is 12.0. The first-order valence-electron chi connectivity index (χ1n) is 10.3. The third-order valence-electron chi connectivity index (χ3n) is 5.56. The first-order chi connectivity index (χ1) is 13.4. The second-order valence-electron chi connectivity index (χ2n) is 9.00. The van der Waals surface area contributed by atoms with Gasteiger partial charge in [0.05, 0.1) is 0 Å². The Bertz CT molecular complexity index is 792. The lowest BCUT2D eigenvalue weighted by molar-refractivity contribution is 0.0602. The molecule has 0 spiro atoms. The van der Waals surface area contributed by atoms with Crippen LogP contribution >= 0.6 is 0 Å². The fraction of sp³-hybridized carbons (Fsp3) is 0.333. The summed E-state index contributed by atoms with van der Waals surface area (Å²) in [6.45, 7) is 6.86. The quantitative estimate of drug-likeness (QED) is 0.477.